The van der Waals surface area contributed by atoms with E-state index in [1.165, 1.54) is 0 Å². The van der Waals surface area contributed by atoms with E-state index in [2.05, 4.69) is 4.98 Å². The minimum absolute atomic E-state index is 0. The second-order valence-electron chi connectivity index (χ2n) is 1.02. The molecular formula is C5H5B2NZn. The Morgan fingerprint density at radius 3 is 1.33 bits per heavy atom. The molecular weight excluding hydrogens is 161 g/mol. The zero-order valence-electron chi connectivity index (χ0n) is 5.20. The Bertz CT molecular complexity index is 86.9. The van der Waals surface area contributed by atoms with Gasteiger partial charge in [0.05, 0.1) is 0 Å². The summed E-state index contributed by atoms with van der Waals surface area (Å²) in [4.78, 5) is 3.78. The molecule has 0 saturated carbocycles. The molecule has 1 heterocycles. The molecule has 0 spiro atoms. The van der Waals surface area contributed by atoms with Crippen LogP contribution in [0.2, 0.25) is 0 Å². The van der Waals surface area contributed by atoms with Crippen LogP contribution in [0.25, 0.3) is 0 Å². The zero-order valence-corrected chi connectivity index (χ0v) is 8.16. The molecule has 0 amide bonds. The van der Waals surface area contributed by atoms with Crippen LogP contribution in [0.1, 0.15) is 0 Å². The normalized spacial score (nSPS) is 5.33. The summed E-state index contributed by atoms with van der Waals surface area (Å²) < 4.78 is 0. The quantitative estimate of drug-likeness (QED) is 0.506. The van der Waals surface area contributed by atoms with Gasteiger partial charge in [0, 0.05) is 12.4 Å². The molecule has 38 valence electrons. The van der Waals surface area contributed by atoms with E-state index in [4.69, 9.17) is 0 Å². The Hall–Kier alpha value is -0.0968. The first-order chi connectivity index (χ1) is 3.00. The fourth-order valence-electron chi connectivity index (χ4n) is 0.313. The molecule has 0 aliphatic carbocycles. The average molecular weight is 166 g/mol. The molecule has 0 saturated heterocycles. The first kappa shape index (κ1) is 16.0. The van der Waals surface area contributed by atoms with Gasteiger partial charge >= 0.3 is 19.5 Å². The van der Waals surface area contributed by atoms with Gasteiger partial charge in [-0.05, 0) is 12.1 Å². The molecule has 0 aliphatic heterocycles. The molecule has 0 fully saturated rings. The summed E-state index contributed by atoms with van der Waals surface area (Å²) in [6.45, 7) is 0. The van der Waals surface area contributed by atoms with Gasteiger partial charge < -0.3 is 16.8 Å². The van der Waals surface area contributed by atoms with E-state index in [9.17, 15) is 0 Å². The number of nitrogens with zero attached hydrogens (tertiary/aromatic N) is 1. The van der Waals surface area contributed by atoms with Crippen molar-refractivity contribution in [2.24, 2.45) is 0 Å². The van der Waals surface area contributed by atoms with E-state index < -0.39 is 0 Å². The number of aromatic nitrogens is 1. The fraction of sp³-hybridized carbons (Fsp3) is 0. The van der Waals surface area contributed by atoms with Crippen molar-refractivity contribution >= 4 is 16.8 Å². The fourth-order valence-corrected chi connectivity index (χ4v) is 0.313. The van der Waals surface area contributed by atoms with Crippen molar-refractivity contribution in [3.63, 3.8) is 0 Å². The number of hydrogen-bond donors (Lipinski definition) is 0. The van der Waals surface area contributed by atoms with Crippen LogP contribution in [0, 0.1) is 0 Å². The van der Waals surface area contributed by atoms with Crippen LogP contribution in [0.4, 0.5) is 0 Å². The first-order valence-corrected chi connectivity index (χ1v) is 1.85. The van der Waals surface area contributed by atoms with Gasteiger partial charge in [-0.1, -0.05) is 6.07 Å². The number of rotatable bonds is 0. The Kier molecular flexibility index (Phi) is 19.2. The number of pyridine rings is 1. The third kappa shape index (κ3) is 7.90. The molecule has 0 aliphatic rings. The van der Waals surface area contributed by atoms with Gasteiger partial charge in [-0.3, -0.25) is 4.98 Å². The topological polar surface area (TPSA) is 12.9 Å². The molecule has 0 unspecified atom stereocenters. The van der Waals surface area contributed by atoms with Gasteiger partial charge in [0.15, 0.2) is 0 Å². The Morgan fingerprint density at radius 2 is 1.22 bits per heavy atom. The van der Waals surface area contributed by atoms with Gasteiger partial charge in [-0.25, -0.2) is 0 Å². The SMILES string of the molecule is [B-].[B-].[Zn+2].c1ccncc1. The average Bonchev–Trinajstić information content (AvgIpc) is 1.72. The Morgan fingerprint density at radius 1 is 0.778 bits per heavy atom. The van der Waals surface area contributed by atoms with E-state index in [1.807, 2.05) is 18.2 Å². The second kappa shape index (κ2) is 10.8. The van der Waals surface area contributed by atoms with Crippen molar-refractivity contribution in [3.05, 3.63) is 30.6 Å². The van der Waals surface area contributed by atoms with Crippen LogP contribution in [0.3, 0.4) is 0 Å². The summed E-state index contributed by atoms with van der Waals surface area (Å²) in [5.41, 5.74) is 0. The third-order valence-corrected chi connectivity index (χ3v) is 0.566. The maximum Gasteiger partial charge on any atom is 2.00 e. The minimum atomic E-state index is 0. The third-order valence-electron chi connectivity index (χ3n) is 0.566. The largest absolute Gasteiger partial charge is 2.00 e. The summed E-state index contributed by atoms with van der Waals surface area (Å²) in [5, 5.41) is 0. The van der Waals surface area contributed by atoms with Gasteiger partial charge in [-0.15, -0.1) is 0 Å². The number of hydrogen-bond acceptors (Lipinski definition) is 1. The van der Waals surface area contributed by atoms with Crippen LogP contribution in [-0.4, -0.2) is 21.8 Å². The van der Waals surface area contributed by atoms with Crippen molar-refractivity contribution in [1.82, 2.24) is 4.98 Å². The van der Waals surface area contributed by atoms with Crippen LogP contribution < -0.4 is 0 Å². The second-order valence-corrected chi connectivity index (χ2v) is 1.02. The molecule has 1 nitrogen and oxygen atoms in total. The van der Waals surface area contributed by atoms with Crippen LogP contribution >= 0.6 is 0 Å². The van der Waals surface area contributed by atoms with E-state index >= 15 is 0 Å². The van der Waals surface area contributed by atoms with Crippen molar-refractivity contribution in [3.8, 4) is 0 Å². The molecule has 4 heteroatoms. The predicted octanol–water partition coefficient (Wildman–Crippen LogP) is 0.318. The van der Waals surface area contributed by atoms with Crippen molar-refractivity contribution < 1.29 is 19.5 Å². The molecule has 8 radical (unpaired) electrons. The van der Waals surface area contributed by atoms with E-state index in [-0.39, 0.29) is 36.3 Å². The molecule has 1 aromatic heterocycles. The summed E-state index contributed by atoms with van der Waals surface area (Å²) in [6, 6.07) is 5.72. The van der Waals surface area contributed by atoms with Gasteiger partial charge in [-0.2, -0.15) is 0 Å². The Balaban J connectivity index is -0.000000120. The van der Waals surface area contributed by atoms with Crippen molar-refractivity contribution in [2.75, 3.05) is 0 Å². The molecule has 9 heavy (non-hydrogen) atoms. The standard InChI is InChI=1S/C5H5N.2B.Zn/c1-2-4-6-5-3-1;;;/h1-5H;;;/q;2*-1;+2. The molecule has 1 aromatic rings. The van der Waals surface area contributed by atoms with Crippen molar-refractivity contribution in [2.45, 2.75) is 0 Å². The maximum atomic E-state index is 3.78. The summed E-state index contributed by atoms with van der Waals surface area (Å²) in [7, 11) is 0. The van der Waals surface area contributed by atoms with Crippen LogP contribution in [-0.2, 0) is 19.5 Å². The predicted molar refractivity (Wildman–Crippen MR) is 35.7 cm³/mol. The van der Waals surface area contributed by atoms with Crippen LogP contribution in [0.5, 0.6) is 0 Å². The first-order valence-electron chi connectivity index (χ1n) is 1.85. The summed E-state index contributed by atoms with van der Waals surface area (Å²) >= 11 is 0. The van der Waals surface area contributed by atoms with Crippen molar-refractivity contribution in [1.29, 1.82) is 0 Å². The molecule has 1 rings (SSSR count). The molecule has 0 N–H and O–H groups in total. The maximum absolute atomic E-state index is 3.78. The Labute approximate surface area is 72.2 Å². The zero-order chi connectivity index (χ0) is 4.24. The summed E-state index contributed by atoms with van der Waals surface area (Å²) in [5.74, 6) is 0. The van der Waals surface area contributed by atoms with E-state index in [1.54, 1.807) is 12.4 Å². The van der Waals surface area contributed by atoms with Gasteiger partial charge in [0.25, 0.3) is 0 Å². The smallest absolute Gasteiger partial charge is 1.00 e. The minimum Gasteiger partial charge on any atom is -1.00 e. The van der Waals surface area contributed by atoms with E-state index in [0.29, 0.717) is 0 Å². The van der Waals surface area contributed by atoms with E-state index in [0.717, 1.165) is 0 Å². The monoisotopic (exact) mass is 165 g/mol. The molecule has 0 aromatic carbocycles. The van der Waals surface area contributed by atoms with Gasteiger partial charge in [0.1, 0.15) is 0 Å². The van der Waals surface area contributed by atoms with Crippen LogP contribution in [0.15, 0.2) is 30.6 Å². The molecule has 0 bridgehead atoms. The van der Waals surface area contributed by atoms with Gasteiger partial charge in [0.2, 0.25) is 0 Å². The molecule has 0 atom stereocenters. The summed E-state index contributed by atoms with van der Waals surface area (Å²) in [6.07, 6.45) is 3.50.